The van der Waals surface area contributed by atoms with Crippen molar-refractivity contribution in [1.82, 2.24) is 10.6 Å². The largest absolute Gasteiger partial charge is 0.508 e. The maximum absolute atomic E-state index is 12.5. The highest BCUT2D eigenvalue weighted by Gasteiger charge is 2.11. The molecule has 0 atom stereocenters. The van der Waals surface area contributed by atoms with E-state index in [1.807, 2.05) is 0 Å². The predicted molar refractivity (Wildman–Crippen MR) is 115 cm³/mol. The Morgan fingerprint density at radius 3 is 2.43 bits per heavy atom. The van der Waals surface area contributed by atoms with Crippen molar-refractivity contribution in [3.63, 3.8) is 0 Å². The zero-order valence-corrected chi connectivity index (χ0v) is 18.3. The normalized spacial score (nSPS) is 11.0. The summed E-state index contributed by atoms with van der Waals surface area (Å²) in [6.07, 6.45) is 0. The zero-order chi connectivity index (χ0) is 19.8. The number of alkyl halides is 2. The monoisotopic (exact) mass is 527 g/mol. The molecule has 0 fully saturated rings. The van der Waals surface area contributed by atoms with Gasteiger partial charge in [0.05, 0.1) is 7.11 Å². The number of hydrogen-bond acceptors (Lipinski definition) is 4. The summed E-state index contributed by atoms with van der Waals surface area (Å²) in [6.45, 7) is -2.50. The van der Waals surface area contributed by atoms with Crippen LogP contribution in [0.1, 0.15) is 11.1 Å². The van der Waals surface area contributed by atoms with Crippen molar-refractivity contribution >= 4 is 41.5 Å². The highest BCUT2D eigenvalue weighted by molar-refractivity contribution is 14.0. The van der Waals surface area contributed by atoms with Crippen molar-refractivity contribution in [2.45, 2.75) is 19.7 Å². The minimum absolute atomic E-state index is 0. The molecule has 0 aliphatic heterocycles. The molecular formula is C18H21ClF2IN3O3. The Morgan fingerprint density at radius 1 is 1.14 bits per heavy atom. The highest BCUT2D eigenvalue weighted by Crippen LogP contribution is 2.25. The topological polar surface area (TPSA) is 75.1 Å². The van der Waals surface area contributed by atoms with Gasteiger partial charge in [-0.15, -0.1) is 24.0 Å². The summed E-state index contributed by atoms with van der Waals surface area (Å²) >= 11 is 5.93. The summed E-state index contributed by atoms with van der Waals surface area (Å²) in [5, 5.41) is 16.3. The van der Waals surface area contributed by atoms with E-state index in [1.165, 1.54) is 31.4 Å². The van der Waals surface area contributed by atoms with Gasteiger partial charge in [0, 0.05) is 36.3 Å². The van der Waals surface area contributed by atoms with Crippen LogP contribution in [0, 0.1) is 0 Å². The number of aromatic hydroxyl groups is 1. The molecule has 0 amide bonds. The van der Waals surface area contributed by atoms with E-state index in [2.05, 4.69) is 20.4 Å². The first kappa shape index (κ1) is 24.0. The maximum atomic E-state index is 12.5. The fourth-order valence-electron chi connectivity index (χ4n) is 2.31. The molecule has 0 saturated heterocycles. The van der Waals surface area contributed by atoms with Crippen LogP contribution in [0.3, 0.4) is 0 Å². The molecule has 6 nitrogen and oxygen atoms in total. The zero-order valence-electron chi connectivity index (χ0n) is 15.2. The number of halogens is 4. The summed E-state index contributed by atoms with van der Waals surface area (Å²) in [5.74, 6) is 1.16. The van der Waals surface area contributed by atoms with E-state index in [0.717, 1.165) is 0 Å². The minimum Gasteiger partial charge on any atom is -0.508 e. The lowest BCUT2D eigenvalue weighted by molar-refractivity contribution is -0.0504. The van der Waals surface area contributed by atoms with Crippen LogP contribution in [0.15, 0.2) is 41.4 Å². The van der Waals surface area contributed by atoms with E-state index in [0.29, 0.717) is 27.9 Å². The van der Waals surface area contributed by atoms with Gasteiger partial charge < -0.3 is 25.2 Å². The Bertz CT molecular complexity index is 810. The van der Waals surface area contributed by atoms with Gasteiger partial charge in [-0.1, -0.05) is 11.6 Å². The van der Waals surface area contributed by atoms with Crippen molar-refractivity contribution in [3.8, 4) is 17.2 Å². The number of phenols is 1. The van der Waals surface area contributed by atoms with Gasteiger partial charge in [0.2, 0.25) is 0 Å². The Hall–Kier alpha value is -2.01. The third-order valence-electron chi connectivity index (χ3n) is 3.64. The van der Waals surface area contributed by atoms with Crippen LogP contribution in [0.4, 0.5) is 8.78 Å². The second-order valence-corrected chi connectivity index (χ2v) is 5.84. The van der Waals surface area contributed by atoms with Gasteiger partial charge in [0.1, 0.15) is 17.2 Å². The number of rotatable bonds is 7. The van der Waals surface area contributed by atoms with Gasteiger partial charge >= 0.3 is 6.61 Å². The number of methoxy groups -OCH3 is 1. The first-order valence-electron chi connectivity index (χ1n) is 7.96. The van der Waals surface area contributed by atoms with Crippen molar-refractivity contribution in [2.75, 3.05) is 14.2 Å². The average Bonchev–Trinajstić information content (AvgIpc) is 2.64. The molecule has 28 heavy (non-hydrogen) atoms. The number of phenolic OH excluding ortho intramolecular Hbond substituents is 1. The van der Waals surface area contributed by atoms with Crippen LogP contribution >= 0.6 is 35.6 Å². The van der Waals surface area contributed by atoms with Crippen LogP contribution in [-0.2, 0) is 13.1 Å². The second-order valence-electron chi connectivity index (χ2n) is 5.40. The summed E-state index contributed by atoms with van der Waals surface area (Å²) in [4.78, 5) is 4.06. The van der Waals surface area contributed by atoms with Crippen LogP contribution in [0.5, 0.6) is 17.2 Å². The first-order chi connectivity index (χ1) is 12.9. The molecule has 0 bridgehead atoms. The molecule has 0 saturated carbocycles. The van der Waals surface area contributed by atoms with E-state index in [9.17, 15) is 13.9 Å². The SMILES string of the molecule is CN=C(NCc1cc(OC)ccc1O)NCc1cc(Cl)ccc1OC(F)F.I. The summed E-state index contributed by atoms with van der Waals surface area (Å²) in [7, 11) is 3.10. The van der Waals surface area contributed by atoms with E-state index in [-0.39, 0.29) is 48.6 Å². The number of ether oxygens (including phenoxy) is 2. The minimum atomic E-state index is -2.93. The number of guanidine groups is 1. The van der Waals surface area contributed by atoms with Gasteiger partial charge in [0.15, 0.2) is 5.96 Å². The molecule has 0 aromatic heterocycles. The number of nitrogens with zero attached hydrogens (tertiary/aromatic N) is 1. The molecule has 154 valence electrons. The predicted octanol–water partition coefficient (Wildman–Crippen LogP) is 4.14. The van der Waals surface area contributed by atoms with Gasteiger partial charge in [-0.3, -0.25) is 4.99 Å². The van der Waals surface area contributed by atoms with Crippen molar-refractivity contribution < 1.29 is 23.4 Å². The second kappa shape index (κ2) is 11.7. The smallest absolute Gasteiger partial charge is 0.387 e. The maximum Gasteiger partial charge on any atom is 0.387 e. The Kier molecular flexibility index (Phi) is 10.1. The molecule has 0 unspecified atom stereocenters. The van der Waals surface area contributed by atoms with E-state index in [4.69, 9.17) is 16.3 Å². The number of nitrogens with one attached hydrogen (secondary N) is 2. The highest BCUT2D eigenvalue weighted by atomic mass is 127. The molecular weight excluding hydrogens is 507 g/mol. The van der Waals surface area contributed by atoms with Crippen LogP contribution < -0.4 is 20.1 Å². The molecule has 2 aromatic rings. The Morgan fingerprint density at radius 2 is 1.82 bits per heavy atom. The van der Waals surface area contributed by atoms with Gasteiger partial charge in [-0.25, -0.2) is 0 Å². The summed E-state index contributed by atoms with van der Waals surface area (Å²) in [6, 6.07) is 9.27. The third-order valence-corrected chi connectivity index (χ3v) is 3.88. The van der Waals surface area contributed by atoms with E-state index >= 15 is 0 Å². The third kappa shape index (κ3) is 7.19. The van der Waals surface area contributed by atoms with E-state index in [1.54, 1.807) is 19.2 Å². The fraction of sp³-hybridized carbons (Fsp3) is 0.278. The van der Waals surface area contributed by atoms with Crippen molar-refractivity contribution in [3.05, 3.63) is 52.5 Å². The van der Waals surface area contributed by atoms with Gasteiger partial charge in [0.25, 0.3) is 0 Å². The van der Waals surface area contributed by atoms with E-state index < -0.39 is 6.61 Å². The van der Waals surface area contributed by atoms with Crippen LogP contribution in [-0.4, -0.2) is 31.8 Å². The standard InChI is InChI=1S/C18H20ClF2N3O3.HI/c1-22-18(23-9-11-8-14(26-2)4-5-15(11)25)24-10-12-7-13(19)3-6-16(12)27-17(20)21;/h3-8,17,25H,9-10H2,1-2H3,(H2,22,23,24);1H. The molecule has 0 heterocycles. The van der Waals surface area contributed by atoms with Crippen LogP contribution in [0.25, 0.3) is 0 Å². The lowest BCUT2D eigenvalue weighted by Crippen LogP contribution is -2.36. The molecule has 0 spiro atoms. The Labute approximate surface area is 183 Å². The molecule has 0 radical (unpaired) electrons. The quantitative estimate of drug-likeness (QED) is 0.287. The number of hydrogen-bond donors (Lipinski definition) is 3. The van der Waals surface area contributed by atoms with Crippen molar-refractivity contribution in [2.24, 2.45) is 4.99 Å². The lowest BCUT2D eigenvalue weighted by atomic mass is 10.2. The average molecular weight is 528 g/mol. The Balaban J connectivity index is 0.00000392. The molecule has 3 N–H and O–H groups in total. The lowest BCUT2D eigenvalue weighted by Gasteiger charge is -2.15. The summed E-state index contributed by atoms with van der Waals surface area (Å²) in [5.41, 5.74) is 1.07. The molecule has 10 heteroatoms. The summed E-state index contributed by atoms with van der Waals surface area (Å²) < 4.78 is 34.7. The molecule has 0 aliphatic carbocycles. The molecule has 0 aliphatic rings. The first-order valence-corrected chi connectivity index (χ1v) is 8.34. The molecule has 2 aromatic carbocycles. The van der Waals surface area contributed by atoms with Gasteiger partial charge in [-0.05, 0) is 36.4 Å². The van der Waals surface area contributed by atoms with Crippen LogP contribution in [0.2, 0.25) is 5.02 Å². The fourth-order valence-corrected chi connectivity index (χ4v) is 2.50. The van der Waals surface area contributed by atoms with Gasteiger partial charge in [-0.2, -0.15) is 8.78 Å². The van der Waals surface area contributed by atoms with Crippen molar-refractivity contribution in [1.29, 1.82) is 0 Å². The number of aliphatic imine (C=N–C) groups is 1. The number of benzene rings is 2. The molecule has 2 rings (SSSR count).